The van der Waals surface area contributed by atoms with Gasteiger partial charge in [0.25, 0.3) is 0 Å². The Labute approximate surface area is 184 Å². The van der Waals surface area contributed by atoms with E-state index in [0.717, 1.165) is 12.8 Å². The Hall–Kier alpha value is -0.460. The molecule has 5 nitrogen and oxygen atoms in total. The third-order valence-corrected chi connectivity index (χ3v) is 5.97. The lowest BCUT2D eigenvalue weighted by Crippen LogP contribution is -2.42. The maximum atomic E-state index is 9.84. The van der Waals surface area contributed by atoms with Gasteiger partial charge in [-0.05, 0) is 32.1 Å². The summed E-state index contributed by atoms with van der Waals surface area (Å²) >= 11 is 0. The Balaban J connectivity index is 1.82. The summed E-state index contributed by atoms with van der Waals surface area (Å²) in [6.07, 6.45) is 20.8. The molecule has 1 heterocycles. The van der Waals surface area contributed by atoms with Gasteiger partial charge in [-0.15, -0.1) is 0 Å². The predicted octanol–water partition coefficient (Wildman–Crippen LogP) is 4.91. The summed E-state index contributed by atoms with van der Waals surface area (Å²) in [5, 5.41) is 28.8. The molecule has 4 atom stereocenters. The van der Waals surface area contributed by atoms with Gasteiger partial charge in [0.15, 0.2) is 0 Å². The van der Waals surface area contributed by atoms with E-state index in [0.29, 0.717) is 6.61 Å². The second-order valence-corrected chi connectivity index (χ2v) is 8.74. The quantitative estimate of drug-likeness (QED) is 0.190. The van der Waals surface area contributed by atoms with Gasteiger partial charge in [-0.2, -0.15) is 0 Å². The van der Waals surface area contributed by atoms with Crippen LogP contribution in [0.25, 0.3) is 0 Å². The zero-order valence-corrected chi connectivity index (χ0v) is 19.4. The molecule has 0 radical (unpaired) electrons. The zero-order valence-electron chi connectivity index (χ0n) is 19.4. The molecule has 0 amide bonds. The van der Waals surface area contributed by atoms with Crippen molar-refractivity contribution in [3.05, 3.63) is 12.2 Å². The van der Waals surface area contributed by atoms with Gasteiger partial charge in [-0.1, -0.05) is 83.3 Å². The topological polar surface area (TPSA) is 79.2 Å². The molecule has 0 bridgehead atoms. The monoisotopic (exact) mass is 428 g/mol. The van der Waals surface area contributed by atoms with Crippen LogP contribution < -0.4 is 0 Å². The highest BCUT2D eigenvalue weighted by molar-refractivity contribution is 4.88. The summed E-state index contributed by atoms with van der Waals surface area (Å²) < 4.78 is 11.0. The van der Waals surface area contributed by atoms with Crippen LogP contribution in [0.4, 0.5) is 0 Å². The molecule has 0 unspecified atom stereocenters. The number of hydrogen-bond donors (Lipinski definition) is 3. The van der Waals surface area contributed by atoms with E-state index in [9.17, 15) is 15.3 Å². The molecule has 0 aromatic heterocycles. The van der Waals surface area contributed by atoms with Crippen molar-refractivity contribution in [3.63, 3.8) is 0 Å². The van der Waals surface area contributed by atoms with Gasteiger partial charge in [0, 0.05) is 6.61 Å². The Morgan fingerprint density at radius 3 is 1.87 bits per heavy atom. The van der Waals surface area contributed by atoms with Gasteiger partial charge in [0.2, 0.25) is 0 Å². The molecule has 1 saturated heterocycles. The lowest BCUT2D eigenvalue weighted by Gasteiger charge is -2.24. The minimum atomic E-state index is -0.978. The molecule has 1 fully saturated rings. The first-order chi connectivity index (χ1) is 14.7. The largest absolute Gasteiger partial charge is 0.394 e. The smallest absolute Gasteiger partial charge is 0.114 e. The highest BCUT2D eigenvalue weighted by atomic mass is 16.6. The maximum absolute atomic E-state index is 9.84. The molecular weight excluding hydrogens is 380 g/mol. The zero-order chi connectivity index (χ0) is 21.9. The number of rotatable bonds is 20. The summed E-state index contributed by atoms with van der Waals surface area (Å²) in [6, 6.07) is 0. The number of unbranched alkanes of at least 4 members (excludes halogenated alkanes) is 13. The van der Waals surface area contributed by atoms with Gasteiger partial charge in [0.05, 0.1) is 13.2 Å². The van der Waals surface area contributed by atoms with E-state index >= 15 is 0 Å². The minimum absolute atomic E-state index is 0.0991. The normalized spacial score (nSPS) is 22.9. The van der Waals surface area contributed by atoms with Crippen LogP contribution in [0.15, 0.2) is 12.2 Å². The summed E-state index contributed by atoms with van der Waals surface area (Å²) in [5.41, 5.74) is 0. The minimum Gasteiger partial charge on any atom is -0.394 e. The molecule has 0 aromatic rings. The average molecular weight is 429 g/mol. The lowest BCUT2D eigenvalue weighted by molar-refractivity contribution is -0.101. The van der Waals surface area contributed by atoms with Crippen LogP contribution in [0.5, 0.6) is 0 Å². The van der Waals surface area contributed by atoms with E-state index < -0.39 is 24.4 Å². The standard InChI is InChI=1S/C25H48O5/c1-2-3-4-5-6-7-8-9-10-11-12-13-14-15-16-17-18-19-29-23(20-26)25-24(28)22(27)21-30-25/h6-7,22-28H,2-5,8-21H2,1H3/b7-6+/t22-,23+,24+,25+/m1/s1. The fourth-order valence-corrected chi connectivity index (χ4v) is 3.97. The Bertz CT molecular complexity index is 401. The second kappa shape index (κ2) is 19.2. The summed E-state index contributed by atoms with van der Waals surface area (Å²) in [4.78, 5) is 0. The number of aliphatic hydroxyl groups excluding tert-OH is 3. The third-order valence-electron chi connectivity index (χ3n) is 5.97. The first-order valence-corrected chi connectivity index (χ1v) is 12.6. The van der Waals surface area contributed by atoms with E-state index in [1.165, 1.54) is 83.5 Å². The number of aliphatic hydroxyl groups is 3. The summed E-state index contributed by atoms with van der Waals surface area (Å²) in [6.45, 7) is 2.70. The van der Waals surface area contributed by atoms with Crippen molar-refractivity contribution in [2.75, 3.05) is 19.8 Å². The van der Waals surface area contributed by atoms with Crippen LogP contribution in [0.3, 0.4) is 0 Å². The van der Waals surface area contributed by atoms with Crippen LogP contribution in [-0.2, 0) is 9.47 Å². The van der Waals surface area contributed by atoms with Crippen LogP contribution in [0.2, 0.25) is 0 Å². The lowest BCUT2D eigenvalue weighted by atomic mass is 10.1. The van der Waals surface area contributed by atoms with E-state index in [1.54, 1.807) is 0 Å². The molecule has 0 aliphatic carbocycles. The molecule has 1 rings (SSSR count). The summed E-state index contributed by atoms with van der Waals surface area (Å²) in [7, 11) is 0. The number of hydrogen-bond acceptors (Lipinski definition) is 5. The van der Waals surface area contributed by atoms with Gasteiger partial charge >= 0.3 is 0 Å². The molecule has 0 aromatic carbocycles. The SMILES string of the molecule is CCCCC/C=C/CCCCCCCCCCCCO[C@@H](CO)[C@@H]1OC[C@@H](O)[C@@H]1O. The fraction of sp³-hybridized carbons (Fsp3) is 0.920. The van der Waals surface area contributed by atoms with Crippen molar-refractivity contribution < 1.29 is 24.8 Å². The molecule has 1 aliphatic heterocycles. The highest BCUT2D eigenvalue weighted by Crippen LogP contribution is 2.20. The van der Waals surface area contributed by atoms with Gasteiger partial charge in [0.1, 0.15) is 24.4 Å². The molecule has 3 N–H and O–H groups in total. The molecule has 30 heavy (non-hydrogen) atoms. The average Bonchev–Trinajstić information content (AvgIpc) is 3.08. The van der Waals surface area contributed by atoms with Crippen molar-refractivity contribution in [2.24, 2.45) is 0 Å². The number of ether oxygens (including phenoxy) is 2. The van der Waals surface area contributed by atoms with Crippen LogP contribution in [0.1, 0.15) is 103 Å². The van der Waals surface area contributed by atoms with Gasteiger partial charge < -0.3 is 24.8 Å². The van der Waals surface area contributed by atoms with Gasteiger partial charge in [-0.3, -0.25) is 0 Å². The number of allylic oxidation sites excluding steroid dienone is 2. The Morgan fingerprint density at radius 2 is 1.37 bits per heavy atom. The molecule has 0 saturated carbocycles. The van der Waals surface area contributed by atoms with Crippen molar-refractivity contribution in [3.8, 4) is 0 Å². The Morgan fingerprint density at radius 1 is 0.833 bits per heavy atom. The molecule has 0 spiro atoms. The summed E-state index contributed by atoms with van der Waals surface area (Å²) in [5.74, 6) is 0. The molecule has 1 aliphatic rings. The van der Waals surface area contributed by atoms with Crippen LogP contribution in [-0.4, -0.2) is 59.6 Å². The van der Waals surface area contributed by atoms with E-state index in [2.05, 4.69) is 19.1 Å². The van der Waals surface area contributed by atoms with Gasteiger partial charge in [-0.25, -0.2) is 0 Å². The van der Waals surface area contributed by atoms with Crippen molar-refractivity contribution in [1.82, 2.24) is 0 Å². The fourth-order valence-electron chi connectivity index (χ4n) is 3.97. The second-order valence-electron chi connectivity index (χ2n) is 8.74. The predicted molar refractivity (Wildman–Crippen MR) is 123 cm³/mol. The molecular formula is C25H48O5. The highest BCUT2D eigenvalue weighted by Gasteiger charge is 2.40. The molecule has 5 heteroatoms. The van der Waals surface area contributed by atoms with Crippen LogP contribution in [0, 0.1) is 0 Å². The van der Waals surface area contributed by atoms with Crippen molar-refractivity contribution >= 4 is 0 Å². The van der Waals surface area contributed by atoms with E-state index in [1.807, 2.05) is 0 Å². The van der Waals surface area contributed by atoms with E-state index in [4.69, 9.17) is 9.47 Å². The Kier molecular flexibility index (Phi) is 17.7. The molecule has 178 valence electrons. The van der Waals surface area contributed by atoms with Crippen molar-refractivity contribution in [1.29, 1.82) is 0 Å². The third kappa shape index (κ3) is 13.1. The first kappa shape index (κ1) is 27.6. The van der Waals surface area contributed by atoms with Crippen LogP contribution >= 0.6 is 0 Å². The van der Waals surface area contributed by atoms with E-state index in [-0.39, 0.29) is 13.2 Å². The maximum Gasteiger partial charge on any atom is 0.114 e. The van der Waals surface area contributed by atoms with Crippen molar-refractivity contribution in [2.45, 2.75) is 128 Å². The first-order valence-electron chi connectivity index (χ1n) is 12.6.